The topological polar surface area (TPSA) is 120 Å². The average molecular weight is 551 g/mol. The number of benzene rings is 1. The normalized spacial score (nSPS) is 18.8. The van der Waals surface area contributed by atoms with E-state index < -0.39 is 16.6 Å². The van der Waals surface area contributed by atoms with E-state index in [2.05, 4.69) is 17.1 Å². The molecule has 208 valence electrons. The summed E-state index contributed by atoms with van der Waals surface area (Å²) >= 11 is 0. The first kappa shape index (κ1) is 27.5. The number of fused-ring (bicyclic) bond motifs is 1. The molecule has 1 fully saturated rings. The lowest BCUT2D eigenvalue weighted by Crippen LogP contribution is -2.49. The highest BCUT2D eigenvalue weighted by molar-refractivity contribution is 7.82. The number of nitrogens with two attached hydrogens (primary N) is 2. The average Bonchev–Trinajstić information content (AvgIpc) is 3.03. The van der Waals surface area contributed by atoms with Gasteiger partial charge in [-0.1, -0.05) is 12.1 Å². The number of hydrogen-bond acceptors (Lipinski definition) is 8. The molecular weight excluding hydrogens is 512 g/mol. The second-order valence-electron chi connectivity index (χ2n) is 10.6. The third-order valence-electron chi connectivity index (χ3n) is 7.80. The number of ether oxygens (including phenoxy) is 2. The molecule has 4 heterocycles. The maximum absolute atomic E-state index is 13.9. The summed E-state index contributed by atoms with van der Waals surface area (Å²) < 4.78 is 28.1. The lowest BCUT2D eigenvalue weighted by Gasteiger charge is -2.38. The zero-order valence-corrected chi connectivity index (χ0v) is 24.0. The Morgan fingerprint density at radius 1 is 1.10 bits per heavy atom. The minimum atomic E-state index is -1.43. The van der Waals surface area contributed by atoms with E-state index >= 15 is 0 Å². The first-order valence-corrected chi connectivity index (χ1v) is 14.5. The van der Waals surface area contributed by atoms with Crippen LogP contribution in [0.25, 0.3) is 0 Å². The van der Waals surface area contributed by atoms with Crippen molar-refractivity contribution in [3.05, 3.63) is 70.2 Å². The second-order valence-corrected chi connectivity index (χ2v) is 12.0. The lowest BCUT2D eigenvalue weighted by molar-refractivity contribution is -0.0552. The molecular formula is C29H38N6O3S. The van der Waals surface area contributed by atoms with Crippen molar-refractivity contribution in [1.29, 1.82) is 0 Å². The molecule has 0 amide bonds. The first-order valence-electron chi connectivity index (χ1n) is 13.4. The maximum atomic E-state index is 13.9. The van der Waals surface area contributed by atoms with Crippen molar-refractivity contribution < 1.29 is 13.7 Å². The fourth-order valence-corrected chi connectivity index (χ4v) is 6.69. The minimum absolute atomic E-state index is 0.461. The van der Waals surface area contributed by atoms with Gasteiger partial charge in [0.25, 0.3) is 0 Å². The molecule has 1 saturated heterocycles. The zero-order chi connectivity index (χ0) is 27.7. The van der Waals surface area contributed by atoms with Gasteiger partial charge >= 0.3 is 0 Å². The Balaban J connectivity index is 1.44. The highest BCUT2D eigenvalue weighted by Crippen LogP contribution is 2.37. The van der Waals surface area contributed by atoms with Crippen LogP contribution < -0.4 is 21.3 Å². The molecule has 0 saturated carbocycles. The summed E-state index contributed by atoms with van der Waals surface area (Å²) in [5.41, 5.74) is 13.6. The van der Waals surface area contributed by atoms with Crippen LogP contribution in [-0.2, 0) is 28.7 Å². The summed E-state index contributed by atoms with van der Waals surface area (Å²) in [7, 11) is -1.43. The van der Waals surface area contributed by atoms with Crippen molar-refractivity contribution in [2.24, 2.45) is 5.84 Å². The lowest BCUT2D eigenvalue weighted by atomic mass is 9.93. The number of hydrazine groups is 1. The Hall–Kier alpha value is -3.05. The number of aryl methyl sites for hydroxylation is 2. The SMILES string of the molecule is CCN(N)c1ccc(Cc2cnc(C)c(CN3CC4(CCOCC4)Oc4ncc(C)cc4S3=O)c2)c(C)c1N. The van der Waals surface area contributed by atoms with Gasteiger partial charge in [-0.05, 0) is 74.1 Å². The van der Waals surface area contributed by atoms with E-state index in [1.54, 1.807) is 11.2 Å². The van der Waals surface area contributed by atoms with Crippen molar-refractivity contribution in [3.63, 3.8) is 0 Å². The molecule has 2 aromatic heterocycles. The third-order valence-corrected chi connectivity index (χ3v) is 9.20. The van der Waals surface area contributed by atoms with Crippen LogP contribution in [0.5, 0.6) is 5.88 Å². The quantitative estimate of drug-likeness (QED) is 0.271. The van der Waals surface area contributed by atoms with Crippen LogP contribution in [0.3, 0.4) is 0 Å². The Morgan fingerprint density at radius 3 is 2.62 bits per heavy atom. The molecule has 0 aliphatic carbocycles. The van der Waals surface area contributed by atoms with Gasteiger partial charge < -0.3 is 20.2 Å². The summed E-state index contributed by atoms with van der Waals surface area (Å²) in [6.45, 7) is 10.9. The van der Waals surface area contributed by atoms with E-state index in [0.29, 0.717) is 55.7 Å². The highest BCUT2D eigenvalue weighted by atomic mass is 32.2. The number of hydrogen-bond donors (Lipinski definition) is 2. The van der Waals surface area contributed by atoms with Gasteiger partial charge in [-0.25, -0.2) is 19.3 Å². The Morgan fingerprint density at radius 2 is 1.87 bits per heavy atom. The van der Waals surface area contributed by atoms with Crippen LogP contribution in [0.15, 0.2) is 41.6 Å². The zero-order valence-electron chi connectivity index (χ0n) is 23.2. The van der Waals surface area contributed by atoms with Crippen molar-refractivity contribution in [1.82, 2.24) is 14.3 Å². The first-order chi connectivity index (χ1) is 18.7. The molecule has 1 spiro atoms. The fraction of sp³-hybridized carbons (Fsp3) is 0.448. The van der Waals surface area contributed by atoms with Gasteiger partial charge in [-0.3, -0.25) is 4.98 Å². The summed E-state index contributed by atoms with van der Waals surface area (Å²) in [4.78, 5) is 9.85. The van der Waals surface area contributed by atoms with Gasteiger partial charge in [0.15, 0.2) is 0 Å². The van der Waals surface area contributed by atoms with E-state index in [9.17, 15) is 4.21 Å². The number of rotatable bonds is 6. The van der Waals surface area contributed by atoms with Gasteiger partial charge in [0, 0.05) is 44.0 Å². The van der Waals surface area contributed by atoms with Gasteiger partial charge in [0.2, 0.25) is 5.88 Å². The molecule has 0 radical (unpaired) electrons. The van der Waals surface area contributed by atoms with Crippen LogP contribution in [-0.4, -0.2) is 50.4 Å². The Labute approximate surface area is 233 Å². The largest absolute Gasteiger partial charge is 0.469 e. The van der Waals surface area contributed by atoms with E-state index in [0.717, 1.165) is 52.0 Å². The van der Waals surface area contributed by atoms with E-state index in [-0.39, 0.29) is 0 Å². The Bertz CT molecular complexity index is 1390. The molecule has 1 atom stereocenters. The van der Waals surface area contributed by atoms with Crippen LogP contribution in [0.1, 0.15) is 53.3 Å². The van der Waals surface area contributed by atoms with Crippen molar-refractivity contribution in [2.75, 3.05) is 37.0 Å². The predicted octanol–water partition coefficient (Wildman–Crippen LogP) is 3.74. The maximum Gasteiger partial charge on any atom is 0.231 e. The van der Waals surface area contributed by atoms with Crippen LogP contribution >= 0.6 is 0 Å². The monoisotopic (exact) mass is 550 g/mol. The molecule has 39 heavy (non-hydrogen) atoms. The van der Waals surface area contributed by atoms with Gasteiger partial charge in [-0.15, -0.1) is 0 Å². The number of nitrogen functional groups attached to an aromatic ring is 1. The predicted molar refractivity (Wildman–Crippen MR) is 154 cm³/mol. The van der Waals surface area contributed by atoms with E-state index in [4.69, 9.17) is 26.0 Å². The molecule has 5 rings (SSSR count). The Kier molecular flexibility index (Phi) is 7.91. The molecule has 0 bridgehead atoms. The van der Waals surface area contributed by atoms with Crippen molar-refractivity contribution in [2.45, 2.75) is 64.0 Å². The standard InChI is InChI=1S/C29H38N6O3S/c1-5-35(31)25-7-6-23(20(3)27(25)30)13-22-14-24(21(4)32-16-22)17-34-18-29(8-10-37-11-9-29)38-28-26(39(34)36)12-19(2)15-33-28/h6-7,12,14-16H,5,8-11,13,17-18,30-31H2,1-4H3. The van der Waals surface area contributed by atoms with E-state index in [1.807, 2.05) is 50.3 Å². The minimum Gasteiger partial charge on any atom is -0.469 e. The van der Waals surface area contributed by atoms with Gasteiger partial charge in [0.1, 0.15) is 21.5 Å². The van der Waals surface area contributed by atoms with E-state index in [1.165, 1.54) is 0 Å². The molecule has 1 unspecified atom stereocenters. The van der Waals surface area contributed by atoms with Crippen molar-refractivity contribution >= 4 is 22.4 Å². The second kappa shape index (κ2) is 11.2. The molecule has 2 aliphatic rings. The molecule has 2 aliphatic heterocycles. The molecule has 4 N–H and O–H groups in total. The van der Waals surface area contributed by atoms with Crippen molar-refractivity contribution in [3.8, 4) is 5.88 Å². The molecule has 9 nitrogen and oxygen atoms in total. The van der Waals surface area contributed by atoms with Crippen LogP contribution in [0.4, 0.5) is 11.4 Å². The third kappa shape index (κ3) is 5.65. The fourth-order valence-electron chi connectivity index (χ4n) is 5.27. The van der Waals surface area contributed by atoms with Crippen LogP contribution in [0, 0.1) is 20.8 Å². The summed E-state index contributed by atoms with van der Waals surface area (Å²) in [6, 6.07) is 8.15. The van der Waals surface area contributed by atoms with Crippen LogP contribution in [0.2, 0.25) is 0 Å². The molecule has 3 aromatic rings. The molecule has 1 aromatic carbocycles. The number of aromatic nitrogens is 2. The summed E-state index contributed by atoms with van der Waals surface area (Å²) in [6.07, 6.45) is 5.82. The number of anilines is 2. The number of nitrogens with zero attached hydrogens (tertiary/aromatic N) is 4. The smallest absolute Gasteiger partial charge is 0.231 e. The molecule has 10 heteroatoms. The highest BCUT2D eigenvalue weighted by Gasteiger charge is 2.42. The van der Waals surface area contributed by atoms with Gasteiger partial charge in [0.05, 0.1) is 31.1 Å². The summed E-state index contributed by atoms with van der Waals surface area (Å²) in [5, 5.41) is 1.66. The summed E-state index contributed by atoms with van der Waals surface area (Å²) in [5.74, 6) is 6.56. The van der Waals surface area contributed by atoms with Gasteiger partial charge in [-0.2, -0.15) is 0 Å². The number of pyridine rings is 2.